The number of aromatic nitrogens is 2. The van der Waals surface area contributed by atoms with Crippen LogP contribution in [0.2, 0.25) is 0 Å². The van der Waals surface area contributed by atoms with Crippen LogP contribution in [0.5, 0.6) is 5.75 Å². The average molecular weight is 305 g/mol. The number of hydrogen-bond donors (Lipinski definition) is 0. The number of benzene rings is 2. The molecule has 2 aromatic carbocycles. The van der Waals surface area contributed by atoms with E-state index in [4.69, 9.17) is 10.00 Å². The lowest BCUT2D eigenvalue weighted by molar-refractivity contribution is 0.0728. The number of hydrogen-bond acceptors (Lipinski definition) is 5. The highest BCUT2D eigenvalue weighted by Crippen LogP contribution is 2.17. The largest absolute Gasteiger partial charge is 0.422 e. The number of nitrogens with zero attached hydrogens (tertiary/aromatic N) is 3. The molecule has 0 saturated heterocycles. The molecule has 1 aromatic heterocycles. The van der Waals surface area contributed by atoms with Crippen LogP contribution in [0, 0.1) is 11.3 Å². The van der Waals surface area contributed by atoms with Gasteiger partial charge in [0.25, 0.3) is 5.56 Å². The van der Waals surface area contributed by atoms with E-state index in [1.807, 2.05) is 6.07 Å². The summed E-state index contributed by atoms with van der Waals surface area (Å²) in [7, 11) is 1.47. The lowest BCUT2D eigenvalue weighted by atomic mass is 10.1. The molecule has 1 heterocycles. The minimum atomic E-state index is -0.688. The summed E-state index contributed by atoms with van der Waals surface area (Å²) in [4.78, 5) is 24.5. The second kappa shape index (κ2) is 5.73. The number of fused-ring (bicyclic) bond motifs is 1. The lowest BCUT2D eigenvalue weighted by Crippen LogP contribution is -2.24. The quantitative estimate of drug-likeness (QED) is 0.534. The van der Waals surface area contributed by atoms with Gasteiger partial charge in [0.05, 0.1) is 17.0 Å². The normalized spacial score (nSPS) is 10.3. The van der Waals surface area contributed by atoms with Crippen LogP contribution in [0.1, 0.15) is 16.1 Å². The third-order valence-corrected chi connectivity index (χ3v) is 3.32. The number of rotatable bonds is 2. The Labute approximate surface area is 131 Å². The fourth-order valence-electron chi connectivity index (χ4n) is 2.23. The summed E-state index contributed by atoms with van der Waals surface area (Å²) >= 11 is 0. The van der Waals surface area contributed by atoms with Crippen molar-refractivity contribution in [3.63, 3.8) is 0 Å². The fraction of sp³-hybridized carbons (Fsp3) is 0.0588. The minimum absolute atomic E-state index is 0.0464. The predicted molar refractivity (Wildman–Crippen MR) is 83.1 cm³/mol. The predicted octanol–water partition coefficient (Wildman–Crippen LogP) is 2.02. The monoisotopic (exact) mass is 305 g/mol. The highest BCUT2D eigenvalue weighted by molar-refractivity contribution is 6.02. The minimum Gasteiger partial charge on any atom is -0.422 e. The first-order chi connectivity index (χ1) is 11.1. The summed E-state index contributed by atoms with van der Waals surface area (Å²) in [6.45, 7) is 0. The molecule has 6 nitrogen and oxygen atoms in total. The summed E-state index contributed by atoms with van der Waals surface area (Å²) < 4.78 is 6.38. The van der Waals surface area contributed by atoms with Crippen LogP contribution >= 0.6 is 0 Å². The summed E-state index contributed by atoms with van der Waals surface area (Å²) in [5.74, 6) is -0.444. The van der Waals surface area contributed by atoms with Gasteiger partial charge in [-0.3, -0.25) is 4.79 Å². The number of carbonyl (C=O) groups excluding carboxylic acids is 1. The highest BCUT2D eigenvalue weighted by atomic mass is 16.5. The van der Waals surface area contributed by atoms with Crippen molar-refractivity contribution in [2.24, 2.45) is 7.05 Å². The second-order valence-electron chi connectivity index (χ2n) is 4.85. The second-order valence-corrected chi connectivity index (χ2v) is 4.85. The Morgan fingerprint density at radius 1 is 1.17 bits per heavy atom. The SMILES string of the molecule is Cn1nc(C(=O)Oc2cccc(C#N)c2)c2ccccc2c1=O. The number of carbonyl (C=O) groups is 1. The molecule has 0 radical (unpaired) electrons. The van der Waals surface area contributed by atoms with Crippen molar-refractivity contribution in [3.8, 4) is 11.8 Å². The van der Waals surface area contributed by atoms with Crippen LogP contribution in [0.4, 0.5) is 0 Å². The molecule has 6 heteroatoms. The van der Waals surface area contributed by atoms with Gasteiger partial charge in [-0.15, -0.1) is 0 Å². The number of ether oxygens (including phenoxy) is 1. The van der Waals surface area contributed by atoms with Gasteiger partial charge < -0.3 is 4.74 Å². The molecule has 0 N–H and O–H groups in total. The Bertz CT molecular complexity index is 1020. The van der Waals surface area contributed by atoms with Crippen LogP contribution in [-0.2, 0) is 7.05 Å². The zero-order valence-electron chi connectivity index (χ0n) is 12.2. The van der Waals surface area contributed by atoms with E-state index < -0.39 is 5.97 Å². The molecule has 0 aliphatic rings. The average Bonchev–Trinajstić information content (AvgIpc) is 2.58. The molecule has 0 amide bonds. The van der Waals surface area contributed by atoms with Crippen molar-refractivity contribution in [1.29, 1.82) is 5.26 Å². The van der Waals surface area contributed by atoms with E-state index in [0.29, 0.717) is 16.3 Å². The van der Waals surface area contributed by atoms with Crippen LogP contribution < -0.4 is 10.3 Å². The first kappa shape index (κ1) is 14.5. The van der Waals surface area contributed by atoms with Gasteiger partial charge in [0.1, 0.15) is 5.75 Å². The maximum Gasteiger partial charge on any atom is 0.364 e. The molecule has 3 aromatic rings. The third kappa shape index (κ3) is 2.68. The van der Waals surface area contributed by atoms with E-state index in [0.717, 1.165) is 4.68 Å². The van der Waals surface area contributed by atoms with Gasteiger partial charge in [0.2, 0.25) is 0 Å². The van der Waals surface area contributed by atoms with Gasteiger partial charge in [-0.2, -0.15) is 10.4 Å². The Hall–Kier alpha value is -3.46. The van der Waals surface area contributed by atoms with E-state index in [1.165, 1.54) is 13.1 Å². The molecule has 0 saturated carbocycles. The molecule has 0 unspecified atom stereocenters. The fourth-order valence-corrected chi connectivity index (χ4v) is 2.23. The number of esters is 1. The summed E-state index contributed by atoms with van der Waals surface area (Å²) in [6.07, 6.45) is 0. The molecule has 0 bridgehead atoms. The first-order valence-electron chi connectivity index (χ1n) is 6.78. The van der Waals surface area contributed by atoms with Crippen molar-refractivity contribution >= 4 is 16.7 Å². The highest BCUT2D eigenvalue weighted by Gasteiger charge is 2.17. The molecule has 3 rings (SSSR count). The van der Waals surface area contributed by atoms with E-state index in [9.17, 15) is 9.59 Å². The summed E-state index contributed by atoms with van der Waals surface area (Å²) in [5, 5.41) is 13.7. The Morgan fingerprint density at radius 3 is 2.65 bits per heavy atom. The maximum atomic E-state index is 12.4. The molecule has 0 fully saturated rings. The maximum absolute atomic E-state index is 12.4. The van der Waals surface area contributed by atoms with Crippen molar-refractivity contribution in [3.05, 3.63) is 70.1 Å². The van der Waals surface area contributed by atoms with Gasteiger partial charge in [0.15, 0.2) is 5.69 Å². The zero-order valence-corrected chi connectivity index (χ0v) is 12.2. The van der Waals surface area contributed by atoms with Crippen LogP contribution in [0.25, 0.3) is 10.8 Å². The lowest BCUT2D eigenvalue weighted by Gasteiger charge is -2.08. The molecular formula is C17H11N3O3. The van der Waals surface area contributed by atoms with Crippen LogP contribution in [0.15, 0.2) is 53.3 Å². The van der Waals surface area contributed by atoms with E-state index in [2.05, 4.69) is 5.10 Å². The molecule has 23 heavy (non-hydrogen) atoms. The van der Waals surface area contributed by atoms with Gasteiger partial charge in [-0.25, -0.2) is 9.48 Å². The van der Waals surface area contributed by atoms with Crippen molar-refractivity contribution in [2.75, 3.05) is 0 Å². The first-order valence-corrected chi connectivity index (χ1v) is 6.78. The van der Waals surface area contributed by atoms with Crippen LogP contribution in [0.3, 0.4) is 0 Å². The Kier molecular flexibility index (Phi) is 3.61. The van der Waals surface area contributed by atoms with E-state index in [-0.39, 0.29) is 17.0 Å². The topological polar surface area (TPSA) is 85.0 Å². The van der Waals surface area contributed by atoms with Crippen molar-refractivity contribution < 1.29 is 9.53 Å². The van der Waals surface area contributed by atoms with Crippen LogP contribution in [-0.4, -0.2) is 15.7 Å². The summed E-state index contributed by atoms with van der Waals surface area (Å²) in [6, 6.07) is 14.9. The Morgan fingerprint density at radius 2 is 1.91 bits per heavy atom. The third-order valence-electron chi connectivity index (χ3n) is 3.32. The Balaban J connectivity index is 2.06. The number of aryl methyl sites for hydroxylation is 1. The van der Waals surface area contributed by atoms with Crippen molar-refractivity contribution in [2.45, 2.75) is 0 Å². The molecule has 112 valence electrons. The van der Waals surface area contributed by atoms with E-state index >= 15 is 0 Å². The smallest absolute Gasteiger partial charge is 0.364 e. The standard InChI is InChI=1S/C17H11N3O3/c1-20-16(21)14-8-3-2-7-13(14)15(19-20)17(22)23-12-6-4-5-11(9-12)10-18/h2-9H,1H3. The molecule has 0 spiro atoms. The molecule has 0 aliphatic heterocycles. The molecular weight excluding hydrogens is 294 g/mol. The van der Waals surface area contributed by atoms with Gasteiger partial charge in [0, 0.05) is 12.4 Å². The van der Waals surface area contributed by atoms with Gasteiger partial charge in [-0.05, 0) is 24.3 Å². The van der Waals surface area contributed by atoms with E-state index in [1.54, 1.807) is 42.5 Å². The zero-order chi connectivity index (χ0) is 16.4. The van der Waals surface area contributed by atoms with Gasteiger partial charge in [-0.1, -0.05) is 24.3 Å². The molecule has 0 atom stereocenters. The molecule has 0 aliphatic carbocycles. The van der Waals surface area contributed by atoms with Gasteiger partial charge >= 0.3 is 5.97 Å². The summed E-state index contributed by atoms with van der Waals surface area (Å²) in [5.41, 5.74) is 0.141. The van der Waals surface area contributed by atoms with Crippen molar-refractivity contribution in [1.82, 2.24) is 9.78 Å². The number of nitriles is 1.